The summed E-state index contributed by atoms with van der Waals surface area (Å²) >= 11 is 0. The fraction of sp³-hybridized carbons (Fsp3) is 0.391. The van der Waals surface area contributed by atoms with E-state index in [1.54, 1.807) is 12.1 Å². The lowest BCUT2D eigenvalue weighted by molar-refractivity contribution is -0.130. The van der Waals surface area contributed by atoms with E-state index < -0.39 is 11.4 Å². The number of nitrogens with one attached hydrogen (secondary N) is 1. The molecule has 0 radical (unpaired) electrons. The predicted octanol–water partition coefficient (Wildman–Crippen LogP) is 3.11. The van der Waals surface area contributed by atoms with Crippen LogP contribution in [0.5, 0.6) is 5.75 Å². The van der Waals surface area contributed by atoms with Gasteiger partial charge in [0, 0.05) is 19.8 Å². The van der Waals surface area contributed by atoms with E-state index in [1.165, 1.54) is 13.2 Å². The highest BCUT2D eigenvalue weighted by Crippen LogP contribution is 2.37. The van der Waals surface area contributed by atoms with Crippen LogP contribution < -0.4 is 10.1 Å². The van der Waals surface area contributed by atoms with Gasteiger partial charge in [0.2, 0.25) is 5.91 Å². The quantitative estimate of drug-likeness (QED) is 0.750. The second kappa shape index (κ2) is 9.09. The Balaban J connectivity index is 1.73. The number of aryl methyl sites for hydroxylation is 1. The first-order valence-corrected chi connectivity index (χ1v) is 9.80. The van der Waals surface area contributed by atoms with Gasteiger partial charge in [0.25, 0.3) is 0 Å². The van der Waals surface area contributed by atoms with Crippen molar-refractivity contribution in [1.29, 1.82) is 0 Å². The summed E-state index contributed by atoms with van der Waals surface area (Å²) < 4.78 is 10.8. The smallest absolute Gasteiger partial charge is 0.335 e. The highest BCUT2D eigenvalue weighted by molar-refractivity contribution is 5.89. The molecule has 1 aliphatic heterocycles. The van der Waals surface area contributed by atoms with Crippen molar-refractivity contribution in [3.05, 3.63) is 64.7 Å². The van der Waals surface area contributed by atoms with Gasteiger partial charge in [-0.15, -0.1) is 0 Å². The minimum absolute atomic E-state index is 0.0104. The van der Waals surface area contributed by atoms with E-state index in [1.807, 2.05) is 31.2 Å². The van der Waals surface area contributed by atoms with Gasteiger partial charge >= 0.3 is 5.97 Å². The van der Waals surface area contributed by atoms with Gasteiger partial charge in [-0.25, -0.2) is 4.79 Å². The van der Waals surface area contributed by atoms with Crippen molar-refractivity contribution < 1.29 is 24.2 Å². The SMILES string of the molecule is COc1cc(C(=O)O)ccc1CCNC(=O)C1(c2ccccc2C)CCOCC1. The summed E-state index contributed by atoms with van der Waals surface area (Å²) in [6.07, 6.45) is 1.86. The number of ether oxygens (including phenoxy) is 2. The van der Waals surface area contributed by atoms with Crippen molar-refractivity contribution >= 4 is 11.9 Å². The second-order valence-corrected chi connectivity index (χ2v) is 7.35. The zero-order valence-electron chi connectivity index (χ0n) is 16.9. The van der Waals surface area contributed by atoms with Crippen LogP contribution in [-0.4, -0.2) is 43.9 Å². The minimum atomic E-state index is -0.997. The van der Waals surface area contributed by atoms with Crippen LogP contribution in [0.25, 0.3) is 0 Å². The van der Waals surface area contributed by atoms with Gasteiger partial charge in [-0.1, -0.05) is 30.3 Å². The molecule has 1 amide bonds. The average molecular weight is 397 g/mol. The molecule has 2 aromatic carbocycles. The predicted molar refractivity (Wildman–Crippen MR) is 110 cm³/mol. The third-order valence-corrected chi connectivity index (χ3v) is 5.66. The number of hydrogen-bond donors (Lipinski definition) is 2. The highest BCUT2D eigenvalue weighted by Gasteiger charge is 2.42. The first-order chi connectivity index (χ1) is 14.0. The largest absolute Gasteiger partial charge is 0.496 e. The maximum atomic E-state index is 13.3. The van der Waals surface area contributed by atoms with Crippen LogP contribution in [0, 0.1) is 6.92 Å². The van der Waals surface area contributed by atoms with Gasteiger partial charge in [0.15, 0.2) is 0 Å². The third-order valence-electron chi connectivity index (χ3n) is 5.66. The molecular weight excluding hydrogens is 370 g/mol. The summed E-state index contributed by atoms with van der Waals surface area (Å²) in [5.74, 6) is -0.474. The topological polar surface area (TPSA) is 84.9 Å². The van der Waals surface area contributed by atoms with E-state index in [0.717, 1.165) is 16.7 Å². The van der Waals surface area contributed by atoms with E-state index in [2.05, 4.69) is 5.32 Å². The number of methoxy groups -OCH3 is 1. The zero-order chi connectivity index (χ0) is 20.9. The molecule has 0 aromatic heterocycles. The molecule has 0 atom stereocenters. The molecule has 1 fully saturated rings. The lowest BCUT2D eigenvalue weighted by atomic mass is 9.71. The number of amides is 1. The summed E-state index contributed by atoms with van der Waals surface area (Å²) in [5.41, 5.74) is 2.62. The standard InChI is InChI=1S/C23H27NO5/c1-16-5-3-4-6-19(16)23(10-13-29-14-11-23)22(27)24-12-9-17-7-8-18(21(25)26)15-20(17)28-2/h3-8,15H,9-14H2,1-2H3,(H,24,27)(H,25,26). The van der Waals surface area contributed by atoms with Crippen LogP contribution in [0.15, 0.2) is 42.5 Å². The van der Waals surface area contributed by atoms with Crippen LogP contribution in [0.2, 0.25) is 0 Å². The molecule has 2 aromatic rings. The van der Waals surface area contributed by atoms with Crippen LogP contribution >= 0.6 is 0 Å². The molecule has 6 heteroatoms. The lowest BCUT2D eigenvalue weighted by Crippen LogP contribution is -2.48. The van der Waals surface area contributed by atoms with Gasteiger partial charge < -0.3 is 19.9 Å². The molecule has 0 aliphatic carbocycles. The summed E-state index contributed by atoms with van der Waals surface area (Å²) in [6.45, 7) is 3.60. The number of carboxylic acids is 1. The maximum absolute atomic E-state index is 13.3. The van der Waals surface area contributed by atoms with E-state index in [0.29, 0.717) is 44.8 Å². The van der Waals surface area contributed by atoms with E-state index in [-0.39, 0.29) is 11.5 Å². The molecule has 0 spiro atoms. The summed E-state index contributed by atoms with van der Waals surface area (Å²) in [4.78, 5) is 24.4. The van der Waals surface area contributed by atoms with Gasteiger partial charge in [-0.05, 0) is 55.0 Å². The van der Waals surface area contributed by atoms with E-state index in [9.17, 15) is 9.59 Å². The van der Waals surface area contributed by atoms with Gasteiger partial charge in [0.1, 0.15) is 5.75 Å². The van der Waals surface area contributed by atoms with Gasteiger partial charge in [-0.3, -0.25) is 4.79 Å². The fourth-order valence-electron chi connectivity index (χ4n) is 4.01. The maximum Gasteiger partial charge on any atom is 0.335 e. The number of hydrogen-bond acceptors (Lipinski definition) is 4. The Kier molecular flexibility index (Phi) is 6.54. The molecule has 6 nitrogen and oxygen atoms in total. The minimum Gasteiger partial charge on any atom is -0.496 e. The van der Waals surface area contributed by atoms with Crippen LogP contribution in [-0.2, 0) is 21.4 Å². The Bertz CT molecular complexity index is 887. The first kappa shape index (κ1) is 20.9. The summed E-state index contributed by atoms with van der Waals surface area (Å²) in [5, 5.41) is 12.2. The van der Waals surface area contributed by atoms with Crippen molar-refractivity contribution in [2.24, 2.45) is 0 Å². The number of aromatic carboxylic acids is 1. The number of carbonyl (C=O) groups excluding carboxylic acids is 1. The van der Waals surface area contributed by atoms with Crippen molar-refractivity contribution in [3.63, 3.8) is 0 Å². The average Bonchev–Trinajstić information content (AvgIpc) is 2.74. The Morgan fingerprint density at radius 1 is 1.17 bits per heavy atom. The number of benzene rings is 2. The molecule has 0 unspecified atom stereocenters. The molecule has 1 saturated heterocycles. The molecule has 154 valence electrons. The molecule has 0 saturated carbocycles. The van der Waals surface area contributed by atoms with Crippen LogP contribution in [0.3, 0.4) is 0 Å². The number of carbonyl (C=O) groups is 2. The van der Waals surface area contributed by atoms with Crippen molar-refractivity contribution in [2.45, 2.75) is 31.6 Å². The summed E-state index contributed by atoms with van der Waals surface area (Å²) in [7, 11) is 1.51. The van der Waals surface area contributed by atoms with Gasteiger partial charge in [-0.2, -0.15) is 0 Å². The molecule has 2 N–H and O–H groups in total. The van der Waals surface area contributed by atoms with Crippen LogP contribution in [0.1, 0.15) is 39.9 Å². The van der Waals surface area contributed by atoms with Crippen molar-refractivity contribution in [2.75, 3.05) is 26.9 Å². The Hall–Kier alpha value is -2.86. The number of rotatable bonds is 7. The van der Waals surface area contributed by atoms with Gasteiger partial charge in [0.05, 0.1) is 18.1 Å². The highest BCUT2D eigenvalue weighted by atomic mass is 16.5. The number of carboxylic acid groups (broad SMARTS) is 1. The molecule has 29 heavy (non-hydrogen) atoms. The Morgan fingerprint density at radius 2 is 1.90 bits per heavy atom. The first-order valence-electron chi connectivity index (χ1n) is 9.80. The van der Waals surface area contributed by atoms with Crippen molar-refractivity contribution in [3.8, 4) is 5.75 Å². The second-order valence-electron chi connectivity index (χ2n) is 7.35. The zero-order valence-corrected chi connectivity index (χ0v) is 16.9. The molecule has 3 rings (SSSR count). The molecule has 1 aliphatic rings. The van der Waals surface area contributed by atoms with E-state index in [4.69, 9.17) is 14.6 Å². The lowest BCUT2D eigenvalue weighted by Gasteiger charge is -2.37. The summed E-state index contributed by atoms with van der Waals surface area (Å²) in [6, 6.07) is 12.8. The normalized spacial score (nSPS) is 15.5. The van der Waals surface area contributed by atoms with E-state index >= 15 is 0 Å². The fourth-order valence-corrected chi connectivity index (χ4v) is 4.01. The van der Waals surface area contributed by atoms with Crippen LogP contribution in [0.4, 0.5) is 0 Å². The molecular formula is C23H27NO5. The van der Waals surface area contributed by atoms with Crippen molar-refractivity contribution in [1.82, 2.24) is 5.32 Å². The molecule has 1 heterocycles. The molecule has 0 bridgehead atoms. The third kappa shape index (κ3) is 4.43. The Morgan fingerprint density at radius 3 is 2.55 bits per heavy atom. The Labute approximate surface area is 170 Å². The monoisotopic (exact) mass is 397 g/mol.